The second-order valence-electron chi connectivity index (χ2n) is 5.09. The normalized spacial score (nSPS) is 28.6. The first kappa shape index (κ1) is 9.78. The largest absolute Gasteiger partial charge is 0.175 e. The second-order valence-corrected chi connectivity index (χ2v) is 5.75. The van der Waals surface area contributed by atoms with Crippen LogP contribution in [-0.4, -0.2) is 5.25 Å². The molecule has 84 valence electrons. The molecule has 0 radical (unpaired) electrons. The van der Waals surface area contributed by atoms with Crippen LogP contribution in [0.4, 0.5) is 0 Å². The van der Waals surface area contributed by atoms with E-state index in [4.69, 9.17) is 12.6 Å². The van der Waals surface area contributed by atoms with Gasteiger partial charge in [-0.25, -0.2) is 0 Å². The van der Waals surface area contributed by atoms with Crippen molar-refractivity contribution in [3.8, 4) is 0 Å². The number of thiol groups is 1. The molecule has 5 rings (SSSR count). The van der Waals surface area contributed by atoms with Crippen LogP contribution in [0.3, 0.4) is 0 Å². The predicted molar refractivity (Wildman–Crippen MR) is 74.0 cm³/mol. The van der Waals surface area contributed by atoms with Gasteiger partial charge in [0.15, 0.2) is 0 Å². The lowest BCUT2D eigenvalue weighted by molar-refractivity contribution is 0.536. The first-order valence-electron chi connectivity index (χ1n) is 6.22. The number of hydrogen-bond acceptors (Lipinski definition) is 1. The zero-order valence-corrected chi connectivity index (χ0v) is 10.4. The van der Waals surface area contributed by atoms with Crippen molar-refractivity contribution < 1.29 is 0 Å². The van der Waals surface area contributed by atoms with Crippen molar-refractivity contribution in [1.29, 1.82) is 0 Å². The molecule has 0 aromatic heterocycles. The van der Waals surface area contributed by atoms with Crippen molar-refractivity contribution in [2.24, 2.45) is 0 Å². The van der Waals surface area contributed by atoms with Crippen LogP contribution in [0.5, 0.6) is 0 Å². The summed E-state index contributed by atoms with van der Waals surface area (Å²) in [5, 5.41) is 0.477. The van der Waals surface area contributed by atoms with Crippen molar-refractivity contribution in [2.75, 3.05) is 0 Å². The third-order valence-corrected chi connectivity index (χ3v) is 4.78. The summed E-state index contributed by atoms with van der Waals surface area (Å²) >= 11 is 4.82. The maximum absolute atomic E-state index is 4.82. The third-order valence-electron chi connectivity index (χ3n) is 4.27. The molecule has 3 aliphatic rings. The maximum atomic E-state index is 4.82. The van der Waals surface area contributed by atoms with E-state index in [1.54, 1.807) is 0 Å². The Bertz CT molecular complexity index is 540. The summed E-state index contributed by atoms with van der Waals surface area (Å²) in [6.45, 7) is 0. The molecule has 0 fully saturated rings. The van der Waals surface area contributed by atoms with Gasteiger partial charge in [0.2, 0.25) is 0 Å². The Balaban J connectivity index is 2.04. The van der Waals surface area contributed by atoms with E-state index in [0.29, 0.717) is 17.1 Å². The van der Waals surface area contributed by atoms with E-state index in [1.165, 1.54) is 28.7 Å². The number of fused-ring (bicyclic) bond motifs is 1. The first-order valence-corrected chi connectivity index (χ1v) is 6.73. The van der Waals surface area contributed by atoms with Crippen LogP contribution in [0.15, 0.2) is 48.5 Å². The molecular weight excluding hydrogens is 224 g/mol. The van der Waals surface area contributed by atoms with E-state index in [2.05, 4.69) is 48.5 Å². The Kier molecular flexibility index (Phi) is 1.95. The molecule has 2 aromatic carbocycles. The Morgan fingerprint density at radius 2 is 1.24 bits per heavy atom. The predicted octanol–water partition coefficient (Wildman–Crippen LogP) is 3.97. The van der Waals surface area contributed by atoms with Gasteiger partial charge in [-0.3, -0.25) is 0 Å². The highest BCUT2D eigenvalue weighted by atomic mass is 32.1. The van der Waals surface area contributed by atoms with E-state index < -0.39 is 0 Å². The Hall–Kier alpha value is -1.21. The van der Waals surface area contributed by atoms with E-state index in [9.17, 15) is 0 Å². The molecule has 0 amide bonds. The maximum Gasteiger partial charge on any atom is 0.0212 e. The van der Waals surface area contributed by atoms with Gasteiger partial charge in [0, 0.05) is 17.1 Å². The molecule has 0 heterocycles. The van der Waals surface area contributed by atoms with E-state index in [0.717, 1.165) is 0 Å². The van der Waals surface area contributed by atoms with Crippen molar-refractivity contribution in [3.05, 3.63) is 70.8 Å². The summed E-state index contributed by atoms with van der Waals surface area (Å²) in [5.41, 5.74) is 6.06. The van der Waals surface area contributed by atoms with Gasteiger partial charge in [-0.15, -0.1) is 0 Å². The van der Waals surface area contributed by atoms with Crippen LogP contribution in [0.2, 0.25) is 0 Å². The average molecular weight is 238 g/mol. The highest BCUT2D eigenvalue weighted by Gasteiger charge is 2.41. The number of rotatable bonds is 0. The van der Waals surface area contributed by atoms with Crippen molar-refractivity contribution in [1.82, 2.24) is 0 Å². The highest BCUT2D eigenvalue weighted by molar-refractivity contribution is 7.81. The van der Waals surface area contributed by atoms with Crippen LogP contribution in [0, 0.1) is 0 Å². The highest BCUT2D eigenvalue weighted by Crippen LogP contribution is 2.53. The first-order chi connectivity index (χ1) is 8.36. The molecule has 1 atom stereocenters. The second kappa shape index (κ2) is 3.39. The van der Waals surface area contributed by atoms with Gasteiger partial charge in [0.05, 0.1) is 0 Å². The van der Waals surface area contributed by atoms with Gasteiger partial charge < -0.3 is 0 Å². The molecule has 0 N–H and O–H groups in total. The van der Waals surface area contributed by atoms with Crippen LogP contribution < -0.4 is 0 Å². The molecule has 0 aliphatic heterocycles. The molecule has 0 spiro atoms. The summed E-state index contributed by atoms with van der Waals surface area (Å²) in [7, 11) is 0. The van der Waals surface area contributed by atoms with Gasteiger partial charge in [-0.05, 0) is 28.7 Å². The summed E-state index contributed by atoms with van der Waals surface area (Å²) < 4.78 is 0. The van der Waals surface area contributed by atoms with Crippen molar-refractivity contribution in [3.63, 3.8) is 0 Å². The molecule has 3 aliphatic carbocycles. The lowest BCUT2D eigenvalue weighted by Crippen LogP contribution is -2.32. The molecule has 1 heteroatoms. The lowest BCUT2D eigenvalue weighted by atomic mass is 9.63. The fourth-order valence-electron chi connectivity index (χ4n) is 3.60. The zero-order chi connectivity index (χ0) is 11.4. The Morgan fingerprint density at radius 3 is 1.76 bits per heavy atom. The van der Waals surface area contributed by atoms with Crippen LogP contribution in [0.25, 0.3) is 0 Å². The van der Waals surface area contributed by atoms with Crippen LogP contribution >= 0.6 is 12.6 Å². The summed E-state index contributed by atoms with van der Waals surface area (Å²) in [5.74, 6) is 1.06. The van der Waals surface area contributed by atoms with Gasteiger partial charge in [-0.1, -0.05) is 48.5 Å². The van der Waals surface area contributed by atoms with Crippen LogP contribution in [-0.2, 0) is 0 Å². The fraction of sp³-hybridized carbons (Fsp3) is 0.250. The van der Waals surface area contributed by atoms with E-state index >= 15 is 0 Å². The third kappa shape index (κ3) is 1.21. The number of benzene rings is 2. The van der Waals surface area contributed by atoms with Crippen molar-refractivity contribution >= 4 is 12.6 Å². The van der Waals surface area contributed by atoms with Gasteiger partial charge in [-0.2, -0.15) is 12.6 Å². The topological polar surface area (TPSA) is 0 Å². The minimum absolute atomic E-state index is 0.477. The van der Waals surface area contributed by atoms with E-state index in [-0.39, 0.29) is 0 Å². The molecule has 0 saturated heterocycles. The molecule has 1 unspecified atom stereocenters. The quantitative estimate of drug-likeness (QED) is 0.660. The monoisotopic (exact) mass is 238 g/mol. The molecule has 0 saturated carbocycles. The fourth-order valence-corrected chi connectivity index (χ4v) is 4.14. The summed E-state index contributed by atoms with van der Waals surface area (Å²) in [6.07, 6.45) is 1.18. The molecule has 17 heavy (non-hydrogen) atoms. The van der Waals surface area contributed by atoms with Gasteiger partial charge >= 0.3 is 0 Å². The minimum atomic E-state index is 0.477. The number of hydrogen-bond donors (Lipinski definition) is 1. The summed E-state index contributed by atoms with van der Waals surface area (Å²) in [6, 6.07) is 17.8. The standard InChI is InChI=1S/C16H14S/c17-15-9-14-10-5-1-3-7-12(10)16(15)13-8-4-2-6-11(13)14/h1-8,14-17H,9H2. The molecule has 2 bridgehead atoms. The van der Waals surface area contributed by atoms with Crippen molar-refractivity contribution in [2.45, 2.75) is 23.5 Å². The van der Waals surface area contributed by atoms with Crippen LogP contribution in [0.1, 0.15) is 40.5 Å². The molecule has 2 aromatic rings. The smallest absolute Gasteiger partial charge is 0.0212 e. The Morgan fingerprint density at radius 1 is 0.765 bits per heavy atom. The SMILES string of the molecule is SC1CC2c3ccccc3C1c1ccccc12. The Labute approximate surface area is 107 Å². The minimum Gasteiger partial charge on any atom is -0.175 e. The van der Waals surface area contributed by atoms with Gasteiger partial charge in [0.25, 0.3) is 0 Å². The average Bonchev–Trinajstić information content (AvgIpc) is 2.39. The molecular formula is C16H14S. The van der Waals surface area contributed by atoms with Gasteiger partial charge in [0.1, 0.15) is 0 Å². The van der Waals surface area contributed by atoms with E-state index in [1.807, 2.05) is 0 Å². The molecule has 0 nitrogen and oxygen atoms in total. The summed E-state index contributed by atoms with van der Waals surface area (Å²) in [4.78, 5) is 0. The zero-order valence-electron chi connectivity index (χ0n) is 9.51. The lowest BCUT2D eigenvalue weighted by Gasteiger charge is -2.43.